The van der Waals surface area contributed by atoms with Crippen LogP contribution < -0.4 is 4.74 Å². The highest BCUT2D eigenvalue weighted by Gasteiger charge is 2.15. The van der Waals surface area contributed by atoms with Crippen molar-refractivity contribution in [1.29, 1.82) is 0 Å². The van der Waals surface area contributed by atoms with E-state index in [0.717, 1.165) is 0 Å². The predicted octanol–water partition coefficient (Wildman–Crippen LogP) is 5.04. The molecule has 0 amide bonds. The number of para-hydroxylation sites is 1. The second-order valence-electron chi connectivity index (χ2n) is 5.95. The Morgan fingerprint density at radius 2 is 1.72 bits per heavy atom. The van der Waals surface area contributed by atoms with Crippen LogP contribution in [0.25, 0.3) is 11.5 Å². The molecule has 29 heavy (non-hydrogen) atoms. The lowest BCUT2D eigenvalue weighted by molar-refractivity contribution is 0.290. The van der Waals surface area contributed by atoms with E-state index in [1.165, 1.54) is 11.8 Å². The summed E-state index contributed by atoms with van der Waals surface area (Å²) in [6.07, 6.45) is 0. The summed E-state index contributed by atoms with van der Waals surface area (Å²) in [5.41, 5.74) is 0.704. The van der Waals surface area contributed by atoms with Gasteiger partial charge >= 0.3 is 0 Å². The maximum Gasteiger partial charge on any atom is 0.249 e. The van der Waals surface area contributed by atoms with Crippen molar-refractivity contribution < 1.29 is 9.15 Å². The molecule has 4 rings (SSSR count). The van der Waals surface area contributed by atoms with Gasteiger partial charge < -0.3 is 13.7 Å². The zero-order valence-corrected chi connectivity index (χ0v) is 17.6. The van der Waals surface area contributed by atoms with E-state index in [0.29, 0.717) is 49.9 Å². The molecule has 0 saturated carbocycles. The molecule has 0 unspecified atom stereocenters. The van der Waals surface area contributed by atoms with Crippen molar-refractivity contribution >= 4 is 35.0 Å². The Labute approximate surface area is 181 Å². The minimum atomic E-state index is 0.255. The van der Waals surface area contributed by atoms with Gasteiger partial charge in [0.1, 0.15) is 12.4 Å². The molecule has 0 bridgehead atoms. The van der Waals surface area contributed by atoms with Gasteiger partial charge in [-0.3, -0.25) is 0 Å². The lowest BCUT2D eigenvalue weighted by atomic mass is 10.2. The summed E-state index contributed by atoms with van der Waals surface area (Å²) < 4.78 is 13.3. The standard InChI is InChI=1S/C19H15Cl2N5O2S/c1-26-16(10-27-15-9-5-4-8-14(15)21)22-25-19(26)29-11-17-23-24-18(28-17)12-6-2-3-7-13(12)20/h2-9H,10-11H2,1H3. The first kappa shape index (κ1) is 19.8. The Balaban J connectivity index is 1.39. The first-order chi connectivity index (χ1) is 14.1. The van der Waals surface area contributed by atoms with Crippen LogP contribution in [0.1, 0.15) is 11.7 Å². The molecule has 0 radical (unpaired) electrons. The topological polar surface area (TPSA) is 78.9 Å². The van der Waals surface area contributed by atoms with E-state index in [1.807, 2.05) is 41.9 Å². The van der Waals surface area contributed by atoms with Crippen LogP contribution in [0, 0.1) is 0 Å². The fourth-order valence-corrected chi connectivity index (χ4v) is 3.66. The van der Waals surface area contributed by atoms with Gasteiger partial charge in [0, 0.05) is 7.05 Å². The summed E-state index contributed by atoms with van der Waals surface area (Å²) in [6.45, 7) is 0.255. The van der Waals surface area contributed by atoms with Crippen LogP contribution in [0.5, 0.6) is 5.75 Å². The third-order valence-corrected chi connectivity index (χ3v) is 5.66. The van der Waals surface area contributed by atoms with Crippen LogP contribution in [-0.4, -0.2) is 25.0 Å². The molecule has 0 aliphatic rings. The molecule has 2 heterocycles. The highest BCUT2D eigenvalue weighted by molar-refractivity contribution is 7.98. The quantitative estimate of drug-likeness (QED) is 0.367. The first-order valence-electron chi connectivity index (χ1n) is 8.57. The Kier molecular flexibility index (Phi) is 6.03. The maximum atomic E-state index is 6.17. The number of hydrogen-bond acceptors (Lipinski definition) is 7. The molecule has 10 heteroatoms. The van der Waals surface area contributed by atoms with E-state index >= 15 is 0 Å². The van der Waals surface area contributed by atoms with Gasteiger partial charge in [-0.25, -0.2) is 0 Å². The van der Waals surface area contributed by atoms with Gasteiger partial charge in [0.2, 0.25) is 11.8 Å². The smallest absolute Gasteiger partial charge is 0.249 e. The molecule has 7 nitrogen and oxygen atoms in total. The summed E-state index contributed by atoms with van der Waals surface area (Å²) in [6, 6.07) is 14.6. The number of benzene rings is 2. The number of halogens is 2. The van der Waals surface area contributed by atoms with E-state index in [-0.39, 0.29) is 6.61 Å². The average molecular weight is 448 g/mol. The third-order valence-electron chi connectivity index (χ3n) is 4.01. The number of thioether (sulfide) groups is 1. The Morgan fingerprint density at radius 1 is 0.966 bits per heavy atom. The summed E-state index contributed by atoms with van der Waals surface area (Å²) in [7, 11) is 1.87. The van der Waals surface area contributed by atoms with Crippen molar-refractivity contribution in [3.8, 4) is 17.2 Å². The van der Waals surface area contributed by atoms with Gasteiger partial charge in [0.15, 0.2) is 11.0 Å². The summed E-state index contributed by atoms with van der Waals surface area (Å²) in [5.74, 6) is 2.59. The minimum absolute atomic E-state index is 0.255. The fourth-order valence-electron chi connectivity index (χ4n) is 2.48. The summed E-state index contributed by atoms with van der Waals surface area (Å²) >= 11 is 13.7. The molecule has 0 spiro atoms. The molecule has 0 atom stereocenters. The van der Waals surface area contributed by atoms with Gasteiger partial charge in [0.25, 0.3) is 0 Å². The van der Waals surface area contributed by atoms with Crippen LogP contribution in [0.2, 0.25) is 10.0 Å². The SMILES string of the molecule is Cn1c(COc2ccccc2Cl)nnc1SCc1nnc(-c2ccccc2Cl)o1. The highest BCUT2D eigenvalue weighted by Crippen LogP contribution is 2.28. The largest absolute Gasteiger partial charge is 0.484 e. The van der Waals surface area contributed by atoms with E-state index in [2.05, 4.69) is 20.4 Å². The maximum absolute atomic E-state index is 6.17. The van der Waals surface area contributed by atoms with Crippen molar-refractivity contribution in [3.63, 3.8) is 0 Å². The lowest BCUT2D eigenvalue weighted by Crippen LogP contribution is -2.04. The zero-order valence-electron chi connectivity index (χ0n) is 15.2. The number of rotatable bonds is 7. The predicted molar refractivity (Wildman–Crippen MR) is 111 cm³/mol. The molecule has 0 aliphatic carbocycles. The van der Waals surface area contributed by atoms with Crippen LogP contribution in [0.15, 0.2) is 58.1 Å². The number of ether oxygens (including phenoxy) is 1. The van der Waals surface area contributed by atoms with E-state index < -0.39 is 0 Å². The minimum Gasteiger partial charge on any atom is -0.484 e. The van der Waals surface area contributed by atoms with Crippen LogP contribution in [0.4, 0.5) is 0 Å². The van der Waals surface area contributed by atoms with Gasteiger partial charge in [-0.15, -0.1) is 20.4 Å². The molecule has 2 aromatic heterocycles. The molecule has 0 N–H and O–H groups in total. The Morgan fingerprint density at radius 3 is 2.52 bits per heavy atom. The van der Waals surface area contributed by atoms with Gasteiger partial charge in [0.05, 0.1) is 21.4 Å². The van der Waals surface area contributed by atoms with Gasteiger partial charge in [-0.05, 0) is 24.3 Å². The Hall–Kier alpha value is -2.55. The Bertz CT molecular complexity index is 1130. The van der Waals surface area contributed by atoms with Crippen LogP contribution >= 0.6 is 35.0 Å². The molecular weight excluding hydrogens is 433 g/mol. The highest BCUT2D eigenvalue weighted by atomic mass is 35.5. The molecule has 2 aromatic carbocycles. The fraction of sp³-hybridized carbons (Fsp3) is 0.158. The number of nitrogens with zero attached hydrogens (tertiary/aromatic N) is 5. The van der Waals surface area contributed by atoms with Crippen LogP contribution in [0.3, 0.4) is 0 Å². The van der Waals surface area contributed by atoms with Crippen molar-refractivity contribution in [3.05, 3.63) is 70.3 Å². The molecule has 0 aliphatic heterocycles. The van der Waals surface area contributed by atoms with Gasteiger partial charge in [-0.1, -0.05) is 59.2 Å². The molecule has 0 saturated heterocycles. The molecule has 0 fully saturated rings. The van der Waals surface area contributed by atoms with Crippen molar-refractivity contribution in [1.82, 2.24) is 25.0 Å². The summed E-state index contributed by atoms with van der Waals surface area (Å²) in [5, 5.41) is 18.3. The van der Waals surface area contributed by atoms with Gasteiger partial charge in [-0.2, -0.15) is 0 Å². The lowest BCUT2D eigenvalue weighted by Gasteiger charge is -2.07. The van der Waals surface area contributed by atoms with E-state index in [9.17, 15) is 0 Å². The molecular formula is C19H15Cl2N5O2S. The first-order valence-corrected chi connectivity index (χ1v) is 10.3. The molecule has 4 aromatic rings. The number of hydrogen-bond donors (Lipinski definition) is 0. The number of aromatic nitrogens is 5. The normalized spacial score (nSPS) is 11.0. The van der Waals surface area contributed by atoms with Crippen molar-refractivity contribution in [2.75, 3.05) is 0 Å². The molecule has 148 valence electrons. The average Bonchev–Trinajstić information content (AvgIpc) is 3.33. The van der Waals surface area contributed by atoms with E-state index in [4.69, 9.17) is 32.4 Å². The third kappa shape index (κ3) is 4.55. The zero-order chi connectivity index (χ0) is 20.2. The second-order valence-corrected chi connectivity index (χ2v) is 7.70. The van der Waals surface area contributed by atoms with Crippen molar-refractivity contribution in [2.45, 2.75) is 17.5 Å². The summed E-state index contributed by atoms with van der Waals surface area (Å²) in [4.78, 5) is 0. The van der Waals surface area contributed by atoms with E-state index in [1.54, 1.807) is 18.2 Å². The second kappa shape index (κ2) is 8.86. The monoisotopic (exact) mass is 447 g/mol. The van der Waals surface area contributed by atoms with Crippen LogP contribution in [-0.2, 0) is 19.4 Å². The van der Waals surface area contributed by atoms with Crippen molar-refractivity contribution in [2.24, 2.45) is 7.05 Å².